The number of halogens is 1. The Labute approximate surface area is 198 Å². The molecule has 0 radical (unpaired) electrons. The maximum Gasteiger partial charge on any atom is 0.267 e. The molecule has 1 unspecified atom stereocenters. The number of carbonyl (C=O) groups excluding carboxylic acids is 1. The van der Waals surface area contributed by atoms with E-state index in [1.54, 1.807) is 31.6 Å². The van der Waals surface area contributed by atoms with E-state index in [0.717, 1.165) is 44.3 Å². The highest BCUT2D eigenvalue weighted by molar-refractivity contribution is 5.90. The molecule has 3 heterocycles. The fourth-order valence-corrected chi connectivity index (χ4v) is 4.04. The molecule has 2 fully saturated rings. The molecule has 0 saturated carbocycles. The van der Waals surface area contributed by atoms with E-state index in [-0.39, 0.29) is 17.8 Å². The molecule has 0 spiro atoms. The van der Waals surface area contributed by atoms with Gasteiger partial charge in [-0.25, -0.2) is 19.7 Å². The smallest absolute Gasteiger partial charge is 0.267 e. The number of aromatic nitrogens is 2. The zero-order valence-corrected chi connectivity index (χ0v) is 19.2. The first-order valence-electron chi connectivity index (χ1n) is 11.5. The average molecular weight is 472 g/mol. The van der Waals surface area contributed by atoms with E-state index in [9.17, 15) is 9.18 Å². The van der Waals surface area contributed by atoms with Crippen molar-refractivity contribution in [2.45, 2.75) is 44.6 Å². The van der Waals surface area contributed by atoms with Gasteiger partial charge in [0.1, 0.15) is 17.4 Å². The standard InChI is InChI=1S/C24H30FN5O4/c1-32-21-7-5-18(25)12-17(21)15-30-10-9-20(16-30)28-22-14-26-19(13-27-22)6-8-23(31)29-34-24-4-2-3-11-33-24/h5-8,12-14,20,24H,2-4,9-11,15-16H2,1H3,(H,27,28)(H,29,31)/b8-6+/t20-,24?/m1/s1. The third-order valence-corrected chi connectivity index (χ3v) is 5.77. The fourth-order valence-electron chi connectivity index (χ4n) is 4.04. The Bertz CT molecular complexity index is 982. The van der Waals surface area contributed by atoms with Gasteiger partial charge in [0.05, 0.1) is 25.2 Å². The van der Waals surface area contributed by atoms with Gasteiger partial charge < -0.3 is 14.8 Å². The minimum absolute atomic E-state index is 0.208. The molecule has 0 bridgehead atoms. The van der Waals surface area contributed by atoms with E-state index in [4.69, 9.17) is 14.3 Å². The molecule has 4 rings (SSSR count). The predicted molar refractivity (Wildman–Crippen MR) is 124 cm³/mol. The number of methoxy groups -OCH3 is 1. The van der Waals surface area contributed by atoms with Gasteiger partial charge in [-0.15, -0.1) is 0 Å². The predicted octanol–water partition coefficient (Wildman–Crippen LogP) is 2.90. The summed E-state index contributed by atoms with van der Waals surface area (Å²) >= 11 is 0. The molecule has 1 aromatic heterocycles. The Hall–Kier alpha value is -3.08. The van der Waals surface area contributed by atoms with E-state index in [1.165, 1.54) is 18.2 Å². The first-order chi connectivity index (χ1) is 16.6. The van der Waals surface area contributed by atoms with Gasteiger partial charge in [0, 0.05) is 50.3 Å². The molecular weight excluding hydrogens is 441 g/mol. The van der Waals surface area contributed by atoms with Crippen molar-refractivity contribution in [1.29, 1.82) is 0 Å². The van der Waals surface area contributed by atoms with E-state index in [0.29, 0.717) is 30.4 Å². The summed E-state index contributed by atoms with van der Waals surface area (Å²) in [6, 6.07) is 4.79. The number of hydrogen-bond donors (Lipinski definition) is 2. The van der Waals surface area contributed by atoms with Crippen LogP contribution in [0.25, 0.3) is 6.08 Å². The van der Waals surface area contributed by atoms with Gasteiger partial charge in [-0.1, -0.05) is 0 Å². The van der Waals surface area contributed by atoms with Crippen molar-refractivity contribution < 1.29 is 23.5 Å². The Kier molecular flexibility index (Phi) is 8.40. The number of ether oxygens (including phenoxy) is 2. The largest absolute Gasteiger partial charge is 0.496 e. The van der Waals surface area contributed by atoms with Crippen LogP contribution in [-0.2, 0) is 20.9 Å². The lowest BCUT2D eigenvalue weighted by atomic mass is 10.2. The normalized spacial score (nSPS) is 21.0. The van der Waals surface area contributed by atoms with Gasteiger partial charge in [0.25, 0.3) is 5.91 Å². The molecule has 2 aliphatic heterocycles. The minimum Gasteiger partial charge on any atom is -0.496 e. The quantitative estimate of drug-likeness (QED) is 0.426. The number of amides is 1. The number of rotatable bonds is 9. The molecule has 0 aliphatic carbocycles. The van der Waals surface area contributed by atoms with E-state index in [1.807, 2.05) is 0 Å². The third kappa shape index (κ3) is 6.96. The summed E-state index contributed by atoms with van der Waals surface area (Å²) in [6.07, 6.45) is 9.50. The number of likely N-dealkylation sites (tertiary alicyclic amines) is 1. The number of anilines is 1. The second kappa shape index (κ2) is 11.9. The SMILES string of the molecule is COc1ccc(F)cc1CN1CC[C@@H](Nc2cnc(/C=C/C(=O)NOC3CCCCO3)cn2)C1. The van der Waals surface area contributed by atoms with Crippen LogP contribution in [0.4, 0.5) is 10.2 Å². The molecule has 9 nitrogen and oxygen atoms in total. The highest BCUT2D eigenvalue weighted by Crippen LogP contribution is 2.24. The number of carbonyl (C=O) groups is 1. The molecule has 1 aromatic carbocycles. The molecule has 34 heavy (non-hydrogen) atoms. The summed E-state index contributed by atoms with van der Waals surface area (Å²) in [5.74, 6) is 0.695. The van der Waals surface area contributed by atoms with Gasteiger partial charge in [-0.2, -0.15) is 0 Å². The monoisotopic (exact) mass is 471 g/mol. The van der Waals surface area contributed by atoms with E-state index in [2.05, 4.69) is 25.7 Å². The zero-order chi connectivity index (χ0) is 23.8. The number of nitrogens with zero attached hydrogens (tertiary/aromatic N) is 3. The highest BCUT2D eigenvalue weighted by atomic mass is 19.1. The van der Waals surface area contributed by atoms with Gasteiger partial charge >= 0.3 is 0 Å². The molecular formula is C24H30FN5O4. The van der Waals surface area contributed by atoms with Gasteiger partial charge in [0.15, 0.2) is 6.29 Å². The number of hydrogen-bond acceptors (Lipinski definition) is 8. The minimum atomic E-state index is -0.390. The molecule has 1 amide bonds. The first-order valence-corrected chi connectivity index (χ1v) is 11.5. The van der Waals surface area contributed by atoms with Crippen LogP contribution in [0.5, 0.6) is 5.75 Å². The summed E-state index contributed by atoms with van der Waals surface area (Å²) in [6.45, 7) is 2.95. The molecule has 2 saturated heterocycles. The van der Waals surface area contributed by atoms with E-state index >= 15 is 0 Å². The number of benzene rings is 1. The molecule has 10 heteroatoms. The fraction of sp³-hybridized carbons (Fsp3) is 0.458. The number of hydroxylamine groups is 1. The molecule has 182 valence electrons. The van der Waals surface area contributed by atoms with Crippen LogP contribution < -0.4 is 15.5 Å². The van der Waals surface area contributed by atoms with Crippen LogP contribution in [0, 0.1) is 5.82 Å². The van der Waals surface area contributed by atoms with Crippen molar-refractivity contribution in [1.82, 2.24) is 20.3 Å². The van der Waals surface area contributed by atoms with Crippen LogP contribution in [0.3, 0.4) is 0 Å². The van der Waals surface area contributed by atoms with Crippen molar-refractivity contribution >= 4 is 17.8 Å². The highest BCUT2D eigenvalue weighted by Gasteiger charge is 2.23. The zero-order valence-electron chi connectivity index (χ0n) is 19.2. The van der Waals surface area contributed by atoms with Crippen LogP contribution in [-0.4, -0.2) is 59.9 Å². The van der Waals surface area contributed by atoms with Crippen LogP contribution in [0.2, 0.25) is 0 Å². The Morgan fingerprint density at radius 3 is 2.97 bits per heavy atom. The van der Waals surface area contributed by atoms with Gasteiger partial charge in [-0.05, 0) is 43.5 Å². The lowest BCUT2D eigenvalue weighted by Gasteiger charge is -2.21. The summed E-state index contributed by atoms with van der Waals surface area (Å²) in [5.41, 5.74) is 3.76. The van der Waals surface area contributed by atoms with E-state index < -0.39 is 6.29 Å². The van der Waals surface area contributed by atoms with Crippen molar-refractivity contribution in [2.75, 3.05) is 32.1 Å². The Balaban J connectivity index is 1.22. The maximum absolute atomic E-state index is 13.6. The van der Waals surface area contributed by atoms with Crippen molar-refractivity contribution in [3.05, 3.63) is 53.7 Å². The Morgan fingerprint density at radius 2 is 2.21 bits per heavy atom. The van der Waals surface area contributed by atoms with Crippen LogP contribution in [0.1, 0.15) is 36.9 Å². The number of nitrogens with one attached hydrogen (secondary N) is 2. The summed E-state index contributed by atoms with van der Waals surface area (Å²) in [4.78, 5) is 28.1. The molecule has 2 atom stereocenters. The molecule has 2 N–H and O–H groups in total. The van der Waals surface area contributed by atoms with Crippen LogP contribution >= 0.6 is 0 Å². The third-order valence-electron chi connectivity index (χ3n) is 5.77. The maximum atomic E-state index is 13.6. The van der Waals surface area contributed by atoms with Gasteiger partial charge in [0.2, 0.25) is 0 Å². The summed E-state index contributed by atoms with van der Waals surface area (Å²) in [5, 5.41) is 3.39. The second-order valence-electron chi connectivity index (χ2n) is 8.36. The molecule has 2 aliphatic rings. The van der Waals surface area contributed by atoms with Crippen molar-refractivity contribution in [3.63, 3.8) is 0 Å². The van der Waals surface area contributed by atoms with Crippen molar-refractivity contribution in [2.24, 2.45) is 0 Å². The first kappa shape index (κ1) is 24.1. The molecule has 2 aromatic rings. The van der Waals surface area contributed by atoms with Crippen LogP contribution in [0.15, 0.2) is 36.7 Å². The lowest BCUT2D eigenvalue weighted by Crippen LogP contribution is -2.32. The topological polar surface area (TPSA) is 97.8 Å². The van der Waals surface area contributed by atoms with Gasteiger partial charge in [-0.3, -0.25) is 14.7 Å². The second-order valence-corrected chi connectivity index (χ2v) is 8.36. The average Bonchev–Trinajstić information content (AvgIpc) is 3.29. The summed E-state index contributed by atoms with van der Waals surface area (Å²) in [7, 11) is 1.59. The summed E-state index contributed by atoms with van der Waals surface area (Å²) < 4.78 is 24.4. The van der Waals surface area contributed by atoms with Crippen molar-refractivity contribution in [3.8, 4) is 5.75 Å². The Morgan fingerprint density at radius 1 is 1.29 bits per heavy atom. The lowest BCUT2D eigenvalue weighted by molar-refractivity contribution is -0.198.